The Morgan fingerprint density at radius 2 is 2.29 bits per heavy atom. The molecule has 14 heavy (non-hydrogen) atoms. The van der Waals surface area contributed by atoms with E-state index in [0.29, 0.717) is 6.61 Å². The van der Waals surface area contributed by atoms with Gasteiger partial charge >= 0.3 is 0 Å². The van der Waals surface area contributed by atoms with Crippen LogP contribution in [0.25, 0.3) is 0 Å². The normalized spacial score (nSPS) is 22.6. The first-order valence-corrected chi connectivity index (χ1v) is 5.03. The summed E-state index contributed by atoms with van der Waals surface area (Å²) in [6, 6.07) is 0. The molecule has 3 heteroatoms. The molecule has 1 N–H and O–H groups in total. The largest absolute Gasteiger partial charge is 0.378 e. The van der Waals surface area contributed by atoms with E-state index in [0.717, 1.165) is 25.9 Å². The maximum absolute atomic E-state index is 9.29. The standard InChI is InChI=1S/C11H18O3/c1-11(2,12)7-5-9-14-10-6-3-4-8-13-10/h10,12H,3-4,6,8-9H2,1-2H3. The predicted octanol–water partition coefficient (Wildman–Crippen LogP) is 1.30. The third-order valence-electron chi connectivity index (χ3n) is 1.87. The Morgan fingerprint density at radius 1 is 1.50 bits per heavy atom. The van der Waals surface area contributed by atoms with E-state index in [4.69, 9.17) is 9.47 Å². The van der Waals surface area contributed by atoms with Gasteiger partial charge in [-0.1, -0.05) is 11.8 Å². The predicted molar refractivity (Wildman–Crippen MR) is 53.6 cm³/mol. The molecular weight excluding hydrogens is 180 g/mol. The average molecular weight is 198 g/mol. The fourth-order valence-corrected chi connectivity index (χ4v) is 1.23. The Bertz CT molecular complexity index is 213. The van der Waals surface area contributed by atoms with Crippen LogP contribution < -0.4 is 0 Å². The van der Waals surface area contributed by atoms with Crippen LogP contribution in [0.1, 0.15) is 33.1 Å². The quantitative estimate of drug-likeness (QED) is 0.680. The molecule has 1 rings (SSSR count). The van der Waals surface area contributed by atoms with Crippen LogP contribution in [0.3, 0.4) is 0 Å². The van der Waals surface area contributed by atoms with Gasteiger partial charge in [0.25, 0.3) is 0 Å². The van der Waals surface area contributed by atoms with Crippen LogP contribution in [-0.4, -0.2) is 30.2 Å². The summed E-state index contributed by atoms with van der Waals surface area (Å²) in [6.45, 7) is 4.41. The first kappa shape index (κ1) is 11.5. The maximum atomic E-state index is 9.29. The highest BCUT2D eigenvalue weighted by molar-refractivity contribution is 5.10. The van der Waals surface area contributed by atoms with Crippen molar-refractivity contribution >= 4 is 0 Å². The van der Waals surface area contributed by atoms with Gasteiger partial charge in [-0.15, -0.1) is 0 Å². The van der Waals surface area contributed by atoms with Crippen LogP contribution in [0.2, 0.25) is 0 Å². The van der Waals surface area contributed by atoms with Crippen LogP contribution in [-0.2, 0) is 9.47 Å². The van der Waals surface area contributed by atoms with Crippen molar-refractivity contribution in [2.75, 3.05) is 13.2 Å². The lowest BCUT2D eigenvalue weighted by atomic mass is 10.1. The molecular formula is C11H18O3. The summed E-state index contributed by atoms with van der Waals surface area (Å²) in [4.78, 5) is 0. The summed E-state index contributed by atoms with van der Waals surface area (Å²) in [6.07, 6.45) is 3.13. The Labute approximate surface area is 85.4 Å². The fraction of sp³-hybridized carbons (Fsp3) is 0.818. The van der Waals surface area contributed by atoms with Gasteiger partial charge in [0.15, 0.2) is 6.29 Å². The molecule has 1 unspecified atom stereocenters. The van der Waals surface area contributed by atoms with Crippen molar-refractivity contribution in [1.29, 1.82) is 0 Å². The maximum Gasteiger partial charge on any atom is 0.158 e. The minimum Gasteiger partial charge on any atom is -0.378 e. The zero-order chi connectivity index (χ0) is 10.4. The molecule has 0 aliphatic carbocycles. The number of rotatable bonds is 2. The zero-order valence-electron chi connectivity index (χ0n) is 8.88. The van der Waals surface area contributed by atoms with Crippen molar-refractivity contribution < 1.29 is 14.6 Å². The van der Waals surface area contributed by atoms with E-state index in [9.17, 15) is 5.11 Å². The fourth-order valence-electron chi connectivity index (χ4n) is 1.23. The minimum atomic E-state index is -0.934. The molecule has 0 aromatic carbocycles. The summed E-state index contributed by atoms with van der Waals surface area (Å²) < 4.78 is 10.7. The SMILES string of the molecule is CC(C)(O)C#CCOC1CCCCO1. The van der Waals surface area contributed by atoms with E-state index in [-0.39, 0.29) is 6.29 Å². The molecule has 0 aromatic heterocycles. The first-order chi connectivity index (χ1) is 6.58. The summed E-state index contributed by atoms with van der Waals surface area (Å²) >= 11 is 0. The Kier molecular flexibility index (Phi) is 4.40. The molecule has 1 aliphatic heterocycles. The molecule has 0 spiro atoms. The summed E-state index contributed by atoms with van der Waals surface area (Å²) in [5, 5.41) is 9.29. The number of hydrogen-bond donors (Lipinski definition) is 1. The smallest absolute Gasteiger partial charge is 0.158 e. The molecule has 3 nitrogen and oxygen atoms in total. The van der Waals surface area contributed by atoms with Crippen molar-refractivity contribution in [2.45, 2.75) is 45.0 Å². The van der Waals surface area contributed by atoms with E-state index in [1.165, 1.54) is 0 Å². The van der Waals surface area contributed by atoms with Gasteiger partial charge in [0.1, 0.15) is 12.2 Å². The molecule has 1 saturated heterocycles. The summed E-state index contributed by atoms with van der Waals surface area (Å²) in [5.41, 5.74) is -0.934. The van der Waals surface area contributed by atoms with Gasteiger partial charge in [-0.25, -0.2) is 0 Å². The number of hydrogen-bond acceptors (Lipinski definition) is 3. The van der Waals surface area contributed by atoms with Crippen molar-refractivity contribution in [3.63, 3.8) is 0 Å². The molecule has 0 radical (unpaired) electrons. The van der Waals surface area contributed by atoms with Crippen molar-refractivity contribution in [2.24, 2.45) is 0 Å². The molecule has 1 heterocycles. The molecule has 0 bridgehead atoms. The first-order valence-electron chi connectivity index (χ1n) is 5.03. The molecule has 0 saturated carbocycles. The van der Waals surface area contributed by atoms with E-state index >= 15 is 0 Å². The van der Waals surface area contributed by atoms with Crippen molar-refractivity contribution in [3.05, 3.63) is 0 Å². The van der Waals surface area contributed by atoms with E-state index in [2.05, 4.69) is 11.8 Å². The second-order valence-electron chi connectivity index (χ2n) is 3.97. The number of ether oxygens (including phenoxy) is 2. The monoisotopic (exact) mass is 198 g/mol. The van der Waals surface area contributed by atoms with Crippen LogP contribution in [0.5, 0.6) is 0 Å². The highest BCUT2D eigenvalue weighted by atomic mass is 16.7. The summed E-state index contributed by atoms with van der Waals surface area (Å²) in [7, 11) is 0. The van der Waals surface area contributed by atoms with E-state index in [1.807, 2.05) is 0 Å². The van der Waals surface area contributed by atoms with Gasteiger partial charge in [0.05, 0.1) is 0 Å². The molecule has 0 aromatic rings. The molecule has 1 fully saturated rings. The number of aliphatic hydroxyl groups is 1. The highest BCUT2D eigenvalue weighted by Crippen LogP contribution is 2.13. The van der Waals surface area contributed by atoms with Crippen LogP contribution in [0.15, 0.2) is 0 Å². The molecule has 0 amide bonds. The van der Waals surface area contributed by atoms with Gasteiger partial charge < -0.3 is 14.6 Å². The van der Waals surface area contributed by atoms with Crippen LogP contribution in [0, 0.1) is 11.8 Å². The lowest BCUT2D eigenvalue weighted by Crippen LogP contribution is -2.22. The Morgan fingerprint density at radius 3 is 2.86 bits per heavy atom. The molecule has 80 valence electrons. The van der Waals surface area contributed by atoms with E-state index < -0.39 is 5.60 Å². The Hall–Kier alpha value is -0.560. The van der Waals surface area contributed by atoms with Gasteiger partial charge in [-0.2, -0.15) is 0 Å². The van der Waals surface area contributed by atoms with Gasteiger partial charge in [0, 0.05) is 6.61 Å². The third-order valence-corrected chi connectivity index (χ3v) is 1.87. The van der Waals surface area contributed by atoms with Crippen molar-refractivity contribution in [3.8, 4) is 11.8 Å². The second kappa shape index (κ2) is 5.35. The van der Waals surface area contributed by atoms with E-state index in [1.54, 1.807) is 13.8 Å². The average Bonchev–Trinajstić information content (AvgIpc) is 2.13. The molecule has 1 aliphatic rings. The lowest BCUT2D eigenvalue weighted by molar-refractivity contribution is -0.154. The Balaban J connectivity index is 2.16. The molecule has 1 atom stereocenters. The van der Waals surface area contributed by atoms with Gasteiger partial charge in [-0.3, -0.25) is 0 Å². The van der Waals surface area contributed by atoms with Gasteiger partial charge in [0.2, 0.25) is 0 Å². The van der Waals surface area contributed by atoms with Crippen molar-refractivity contribution in [1.82, 2.24) is 0 Å². The lowest BCUT2D eigenvalue weighted by Gasteiger charge is -2.21. The van der Waals surface area contributed by atoms with Crippen LogP contribution in [0.4, 0.5) is 0 Å². The minimum absolute atomic E-state index is 0.0974. The van der Waals surface area contributed by atoms with Gasteiger partial charge in [-0.05, 0) is 33.1 Å². The van der Waals surface area contributed by atoms with Crippen LogP contribution >= 0.6 is 0 Å². The third kappa shape index (κ3) is 5.23. The summed E-state index contributed by atoms with van der Waals surface area (Å²) in [5.74, 6) is 5.46. The topological polar surface area (TPSA) is 38.7 Å². The highest BCUT2D eigenvalue weighted by Gasteiger charge is 2.13. The second-order valence-corrected chi connectivity index (χ2v) is 3.97. The zero-order valence-corrected chi connectivity index (χ0v) is 8.88.